The third-order valence-electron chi connectivity index (χ3n) is 9.05. The molecule has 1 saturated carbocycles. The van der Waals surface area contributed by atoms with Gasteiger partial charge in [0.1, 0.15) is 8.07 Å². The summed E-state index contributed by atoms with van der Waals surface area (Å²) >= 11 is 0. The molecule has 0 amide bonds. The molecule has 1 heterocycles. The van der Waals surface area contributed by atoms with Crippen LogP contribution in [0.4, 0.5) is 0 Å². The zero-order valence-electron chi connectivity index (χ0n) is 22.4. The molecule has 5 nitrogen and oxygen atoms in total. The predicted molar refractivity (Wildman–Crippen MR) is 150 cm³/mol. The standard InChI is InChI=1S/C32H30N4OSi/c1-6-29-25(23-14-10-8-11-15-23)26(24-16-12-9-13-17-24)30(7-2)31(22-35,28(29,20-33)21-34)27(36)37-32(29,30)18-19-38(3,4)5/h8-17,36H,6-7H2,1-5H3/t29-,30+,31-,32+/m0/s1. The topological polar surface area (TPSA) is 104 Å². The van der Waals surface area contributed by atoms with Crippen LogP contribution in [0.3, 0.4) is 0 Å². The zero-order valence-corrected chi connectivity index (χ0v) is 23.4. The Morgan fingerprint density at radius 3 is 1.63 bits per heavy atom. The van der Waals surface area contributed by atoms with Crippen LogP contribution in [-0.4, -0.2) is 19.6 Å². The van der Waals surface area contributed by atoms with E-state index in [1.54, 1.807) is 0 Å². The van der Waals surface area contributed by atoms with Gasteiger partial charge in [-0.1, -0.05) is 100 Å². The summed E-state index contributed by atoms with van der Waals surface area (Å²) in [5.74, 6) is 3.22. The van der Waals surface area contributed by atoms with Crippen molar-refractivity contribution in [3.63, 3.8) is 0 Å². The first-order valence-corrected chi connectivity index (χ1v) is 16.5. The third kappa shape index (κ3) is 2.35. The summed E-state index contributed by atoms with van der Waals surface area (Å²) in [6.45, 7) is 10.3. The molecule has 1 N–H and O–H groups in total. The molecule has 0 spiro atoms. The van der Waals surface area contributed by atoms with Gasteiger partial charge in [-0.05, 0) is 35.1 Å². The van der Waals surface area contributed by atoms with E-state index in [1.807, 2.05) is 74.5 Å². The van der Waals surface area contributed by atoms with Crippen molar-refractivity contribution in [1.29, 1.82) is 21.2 Å². The number of hydrogen-bond acceptors (Lipinski definition) is 5. The van der Waals surface area contributed by atoms with Crippen molar-refractivity contribution < 1.29 is 4.74 Å². The van der Waals surface area contributed by atoms with Crippen molar-refractivity contribution in [2.24, 2.45) is 21.7 Å². The molecule has 38 heavy (non-hydrogen) atoms. The van der Waals surface area contributed by atoms with E-state index in [1.165, 1.54) is 0 Å². The number of nitrogens with zero attached hydrogens (tertiary/aromatic N) is 3. The average Bonchev–Trinajstić information content (AvgIpc) is 3.36. The number of rotatable bonds is 4. The molecule has 188 valence electrons. The summed E-state index contributed by atoms with van der Waals surface area (Å²) in [7, 11) is -2.00. The number of ether oxygens (including phenoxy) is 1. The van der Waals surface area contributed by atoms with Crippen LogP contribution in [0.5, 0.6) is 0 Å². The van der Waals surface area contributed by atoms with Crippen LogP contribution in [0.15, 0.2) is 60.7 Å². The summed E-state index contributed by atoms with van der Waals surface area (Å²) in [5, 5.41) is 42.2. The third-order valence-corrected chi connectivity index (χ3v) is 9.92. The lowest BCUT2D eigenvalue weighted by atomic mass is 9.45. The minimum absolute atomic E-state index is 0.320. The number of hydrogen-bond donors (Lipinski definition) is 1. The largest absolute Gasteiger partial charge is 0.458 e. The second-order valence-electron chi connectivity index (χ2n) is 11.4. The smallest absolute Gasteiger partial charge is 0.207 e. The lowest BCUT2D eigenvalue weighted by molar-refractivity contribution is -0.0224. The highest BCUT2D eigenvalue weighted by Crippen LogP contribution is 2.91. The van der Waals surface area contributed by atoms with E-state index in [4.69, 9.17) is 10.1 Å². The van der Waals surface area contributed by atoms with E-state index >= 15 is 0 Å². The Bertz CT molecular complexity index is 1560. The maximum absolute atomic E-state index is 11.1. The molecule has 0 radical (unpaired) electrons. The van der Waals surface area contributed by atoms with Gasteiger partial charge in [-0.2, -0.15) is 15.8 Å². The fraction of sp³-hybridized carbons (Fsp3) is 0.375. The van der Waals surface area contributed by atoms with Crippen molar-refractivity contribution in [3.8, 4) is 29.7 Å². The minimum atomic E-state index is -2.00. The summed E-state index contributed by atoms with van der Waals surface area (Å²) < 4.78 is 6.64. The summed E-state index contributed by atoms with van der Waals surface area (Å²) in [4.78, 5) is 0. The first-order valence-electron chi connectivity index (χ1n) is 13.0. The minimum Gasteiger partial charge on any atom is -0.458 e. The van der Waals surface area contributed by atoms with Gasteiger partial charge in [0.15, 0.2) is 16.4 Å². The molecule has 2 aromatic carbocycles. The molecule has 3 aliphatic rings. The molecule has 2 aromatic rings. The van der Waals surface area contributed by atoms with Crippen molar-refractivity contribution in [2.75, 3.05) is 0 Å². The van der Waals surface area contributed by atoms with E-state index in [2.05, 4.69) is 49.3 Å². The molecule has 2 aliphatic carbocycles. The molecule has 4 bridgehead atoms. The maximum Gasteiger partial charge on any atom is 0.207 e. The van der Waals surface area contributed by atoms with Gasteiger partial charge in [-0.3, -0.25) is 5.41 Å². The molecule has 0 aromatic heterocycles. The molecular weight excluding hydrogens is 484 g/mol. The Morgan fingerprint density at radius 2 is 1.24 bits per heavy atom. The van der Waals surface area contributed by atoms with Gasteiger partial charge in [0.25, 0.3) is 0 Å². The normalized spacial score (nSPS) is 32.0. The van der Waals surface area contributed by atoms with Crippen molar-refractivity contribution in [3.05, 3.63) is 71.8 Å². The average molecular weight is 515 g/mol. The Hall–Kier alpha value is -4.10. The van der Waals surface area contributed by atoms with Gasteiger partial charge >= 0.3 is 0 Å². The highest BCUT2D eigenvalue weighted by Gasteiger charge is 3.00. The van der Waals surface area contributed by atoms with Gasteiger partial charge < -0.3 is 4.74 Å². The Morgan fingerprint density at radius 1 is 0.763 bits per heavy atom. The molecular formula is C32H30N4OSi. The number of nitrogens with one attached hydrogen (secondary N) is 1. The summed E-state index contributed by atoms with van der Waals surface area (Å²) in [6, 6.07) is 26.8. The fourth-order valence-corrected chi connectivity index (χ4v) is 8.51. The Balaban J connectivity index is 2.15. The maximum atomic E-state index is 11.1. The lowest BCUT2D eigenvalue weighted by Gasteiger charge is -2.51. The fourth-order valence-electron chi connectivity index (χ4n) is 7.96. The first-order chi connectivity index (χ1) is 18.1. The van der Waals surface area contributed by atoms with Crippen LogP contribution < -0.4 is 0 Å². The lowest BCUT2D eigenvalue weighted by Crippen LogP contribution is -2.60. The Kier molecular flexibility index (Phi) is 5.34. The molecule has 4 atom stereocenters. The van der Waals surface area contributed by atoms with Gasteiger partial charge in [0.05, 0.1) is 29.0 Å². The van der Waals surface area contributed by atoms with Crippen molar-refractivity contribution in [1.82, 2.24) is 0 Å². The molecule has 2 fully saturated rings. The van der Waals surface area contributed by atoms with Crippen LogP contribution in [0.25, 0.3) is 11.1 Å². The van der Waals surface area contributed by atoms with Crippen LogP contribution in [-0.2, 0) is 4.74 Å². The SMILES string of the molecule is CC[C@@]12C(c3ccccc3)=C(c3ccccc3)[C@@]3(CC)C(C#N)(C#N)[C@]1(C#N)C(=N)O[C@@]23C#C[Si](C)(C)C. The summed E-state index contributed by atoms with van der Waals surface area (Å²) in [6.07, 6.45) is 0.713. The number of nitriles is 3. The van der Waals surface area contributed by atoms with Crippen LogP contribution in [0, 0.1) is 72.5 Å². The molecule has 1 aliphatic heterocycles. The highest BCUT2D eigenvalue weighted by atomic mass is 28.3. The molecule has 1 saturated heterocycles. The second kappa shape index (κ2) is 7.95. The monoisotopic (exact) mass is 514 g/mol. The van der Waals surface area contributed by atoms with Gasteiger partial charge in [0, 0.05) is 0 Å². The Labute approximate surface area is 225 Å². The molecule has 0 unspecified atom stereocenters. The first kappa shape index (κ1) is 25.5. The highest BCUT2D eigenvalue weighted by molar-refractivity contribution is 6.83. The zero-order chi connectivity index (χ0) is 27.6. The summed E-state index contributed by atoms with van der Waals surface area (Å²) in [5.41, 5.74) is -0.664. The van der Waals surface area contributed by atoms with E-state index in [0.717, 1.165) is 22.3 Å². The van der Waals surface area contributed by atoms with Crippen molar-refractivity contribution >= 4 is 25.1 Å². The quantitative estimate of drug-likeness (QED) is 0.367. The van der Waals surface area contributed by atoms with Gasteiger partial charge in [0.2, 0.25) is 5.90 Å². The van der Waals surface area contributed by atoms with E-state index in [9.17, 15) is 15.8 Å². The van der Waals surface area contributed by atoms with E-state index in [-0.39, 0.29) is 5.90 Å². The molecule has 6 heteroatoms. The van der Waals surface area contributed by atoms with Crippen LogP contribution in [0.1, 0.15) is 37.8 Å². The van der Waals surface area contributed by atoms with Gasteiger partial charge in [-0.15, -0.1) is 5.54 Å². The number of benzene rings is 2. The second-order valence-corrected chi connectivity index (χ2v) is 16.2. The van der Waals surface area contributed by atoms with Crippen LogP contribution >= 0.6 is 0 Å². The van der Waals surface area contributed by atoms with Gasteiger partial charge in [-0.25, -0.2) is 0 Å². The van der Waals surface area contributed by atoms with E-state index in [0.29, 0.717) is 12.8 Å². The molecule has 5 rings (SSSR count). The van der Waals surface area contributed by atoms with Crippen LogP contribution in [0.2, 0.25) is 19.6 Å². The van der Waals surface area contributed by atoms with Crippen molar-refractivity contribution in [2.45, 2.75) is 51.9 Å². The van der Waals surface area contributed by atoms with E-state index < -0.39 is 35.3 Å². The predicted octanol–water partition coefficient (Wildman–Crippen LogP) is 6.59.